The van der Waals surface area contributed by atoms with Crippen molar-refractivity contribution in [3.05, 3.63) is 35.4 Å². The second kappa shape index (κ2) is 4.79. The van der Waals surface area contributed by atoms with Crippen LogP contribution in [0.25, 0.3) is 0 Å². The minimum Gasteiger partial charge on any atom is -0.387 e. The molecule has 0 aromatic heterocycles. The molecule has 1 aromatic rings. The highest BCUT2D eigenvalue weighted by Crippen LogP contribution is 2.40. The molecular formula is C15H23NO. The Labute approximate surface area is 104 Å². The van der Waals surface area contributed by atoms with Crippen LogP contribution >= 0.6 is 0 Å². The molecule has 1 fully saturated rings. The van der Waals surface area contributed by atoms with Crippen molar-refractivity contribution in [1.29, 1.82) is 0 Å². The Balaban J connectivity index is 1.98. The molecule has 2 N–H and O–H groups in total. The molecule has 1 unspecified atom stereocenters. The van der Waals surface area contributed by atoms with Gasteiger partial charge in [0.25, 0.3) is 0 Å². The van der Waals surface area contributed by atoms with Gasteiger partial charge in [0.15, 0.2) is 0 Å². The first-order valence-corrected chi connectivity index (χ1v) is 6.49. The van der Waals surface area contributed by atoms with Crippen LogP contribution in [0, 0.1) is 0 Å². The molecule has 1 aromatic carbocycles. The van der Waals surface area contributed by atoms with Crippen molar-refractivity contribution < 1.29 is 5.11 Å². The molecule has 0 bridgehead atoms. The van der Waals surface area contributed by atoms with Crippen molar-refractivity contribution in [2.45, 2.75) is 51.2 Å². The number of rotatable bonds is 4. The average molecular weight is 233 g/mol. The Hall–Kier alpha value is -0.860. The number of benzene rings is 1. The maximum atomic E-state index is 10.1. The maximum absolute atomic E-state index is 10.1. The standard InChI is InChI=1S/C15H23NO/c1-15(2,3)16-10-14(17)13-6-4-5-12(9-13)11-7-8-11/h4-6,9,11,14,16-17H,7-8,10H2,1-3H3. The highest BCUT2D eigenvalue weighted by molar-refractivity contribution is 5.30. The van der Waals surface area contributed by atoms with E-state index in [1.165, 1.54) is 18.4 Å². The topological polar surface area (TPSA) is 32.3 Å². The molecule has 1 aliphatic carbocycles. The van der Waals surface area contributed by atoms with E-state index in [1.807, 2.05) is 6.07 Å². The molecule has 1 aliphatic rings. The van der Waals surface area contributed by atoms with Crippen LogP contribution in [0.1, 0.15) is 56.8 Å². The molecule has 2 rings (SSSR count). The van der Waals surface area contributed by atoms with Crippen LogP contribution < -0.4 is 5.32 Å². The lowest BCUT2D eigenvalue weighted by atomic mass is 10.0. The predicted octanol–water partition coefficient (Wildman–Crippen LogP) is 2.99. The summed E-state index contributed by atoms with van der Waals surface area (Å²) in [6.45, 7) is 6.94. The first kappa shape index (κ1) is 12.6. The Kier molecular flexibility index (Phi) is 3.55. The summed E-state index contributed by atoms with van der Waals surface area (Å²) >= 11 is 0. The van der Waals surface area contributed by atoms with Gasteiger partial charge >= 0.3 is 0 Å². The Bertz CT molecular complexity index is 377. The van der Waals surface area contributed by atoms with Gasteiger partial charge in [-0.05, 0) is 50.7 Å². The Morgan fingerprint density at radius 3 is 2.65 bits per heavy atom. The van der Waals surface area contributed by atoms with Crippen molar-refractivity contribution in [2.75, 3.05) is 6.54 Å². The van der Waals surface area contributed by atoms with E-state index in [1.54, 1.807) is 0 Å². The van der Waals surface area contributed by atoms with Gasteiger partial charge in [0.2, 0.25) is 0 Å². The lowest BCUT2D eigenvalue weighted by Crippen LogP contribution is -2.38. The Morgan fingerprint density at radius 1 is 1.35 bits per heavy atom. The zero-order chi connectivity index (χ0) is 12.5. The first-order chi connectivity index (χ1) is 7.96. The van der Waals surface area contributed by atoms with E-state index in [4.69, 9.17) is 0 Å². The molecule has 1 saturated carbocycles. The number of aliphatic hydroxyl groups excluding tert-OH is 1. The number of hydrogen-bond acceptors (Lipinski definition) is 2. The van der Waals surface area contributed by atoms with E-state index < -0.39 is 6.10 Å². The third kappa shape index (κ3) is 3.83. The normalized spacial score (nSPS) is 18.1. The third-order valence-electron chi connectivity index (χ3n) is 3.17. The summed E-state index contributed by atoms with van der Waals surface area (Å²) in [7, 11) is 0. The summed E-state index contributed by atoms with van der Waals surface area (Å²) < 4.78 is 0. The zero-order valence-electron chi connectivity index (χ0n) is 11.0. The van der Waals surface area contributed by atoms with E-state index in [-0.39, 0.29) is 5.54 Å². The molecule has 0 radical (unpaired) electrons. The smallest absolute Gasteiger partial charge is 0.0914 e. The van der Waals surface area contributed by atoms with E-state index in [0.29, 0.717) is 6.54 Å². The van der Waals surface area contributed by atoms with Crippen LogP contribution in [0.5, 0.6) is 0 Å². The van der Waals surface area contributed by atoms with Crippen LogP contribution in [0.3, 0.4) is 0 Å². The fourth-order valence-electron chi connectivity index (χ4n) is 1.96. The molecule has 17 heavy (non-hydrogen) atoms. The molecule has 2 heteroatoms. The van der Waals surface area contributed by atoms with Crippen molar-refractivity contribution in [1.82, 2.24) is 5.32 Å². The van der Waals surface area contributed by atoms with Crippen LogP contribution in [-0.2, 0) is 0 Å². The fourth-order valence-corrected chi connectivity index (χ4v) is 1.96. The third-order valence-corrected chi connectivity index (χ3v) is 3.17. The average Bonchev–Trinajstić information content (AvgIpc) is 3.09. The van der Waals surface area contributed by atoms with Gasteiger partial charge in [0.05, 0.1) is 6.10 Å². The summed E-state index contributed by atoms with van der Waals surface area (Å²) in [6, 6.07) is 8.40. The summed E-state index contributed by atoms with van der Waals surface area (Å²) in [5.41, 5.74) is 2.47. The van der Waals surface area contributed by atoms with Gasteiger partial charge < -0.3 is 10.4 Å². The Morgan fingerprint density at radius 2 is 2.06 bits per heavy atom. The van der Waals surface area contributed by atoms with Crippen LogP contribution in [0.4, 0.5) is 0 Å². The molecular weight excluding hydrogens is 210 g/mol. The lowest BCUT2D eigenvalue weighted by Gasteiger charge is -2.23. The second-order valence-corrected chi connectivity index (χ2v) is 6.09. The van der Waals surface area contributed by atoms with Gasteiger partial charge in [-0.3, -0.25) is 0 Å². The highest BCUT2D eigenvalue weighted by atomic mass is 16.3. The maximum Gasteiger partial charge on any atom is 0.0914 e. The van der Waals surface area contributed by atoms with Gasteiger partial charge in [-0.15, -0.1) is 0 Å². The molecule has 94 valence electrons. The molecule has 0 aliphatic heterocycles. The van der Waals surface area contributed by atoms with Gasteiger partial charge in [0, 0.05) is 12.1 Å². The number of aliphatic hydroxyl groups is 1. The van der Waals surface area contributed by atoms with Gasteiger partial charge in [0.1, 0.15) is 0 Å². The van der Waals surface area contributed by atoms with Gasteiger partial charge in [-0.25, -0.2) is 0 Å². The van der Waals surface area contributed by atoms with Crippen LogP contribution in [-0.4, -0.2) is 17.2 Å². The van der Waals surface area contributed by atoms with Crippen molar-refractivity contribution >= 4 is 0 Å². The molecule has 2 nitrogen and oxygen atoms in total. The zero-order valence-corrected chi connectivity index (χ0v) is 11.0. The van der Waals surface area contributed by atoms with Crippen LogP contribution in [0.15, 0.2) is 24.3 Å². The van der Waals surface area contributed by atoms with Crippen LogP contribution in [0.2, 0.25) is 0 Å². The first-order valence-electron chi connectivity index (χ1n) is 6.49. The SMILES string of the molecule is CC(C)(C)NCC(O)c1cccc(C2CC2)c1. The van der Waals surface area contributed by atoms with Crippen molar-refractivity contribution in [3.63, 3.8) is 0 Å². The summed E-state index contributed by atoms with van der Waals surface area (Å²) in [6.07, 6.45) is 2.20. The number of β-amino-alcohol motifs (C(OH)–C–C–N with tert-alkyl or cyclic N) is 1. The minimum absolute atomic E-state index is 0.0507. The van der Waals surface area contributed by atoms with E-state index >= 15 is 0 Å². The molecule has 0 heterocycles. The minimum atomic E-state index is -0.409. The summed E-state index contributed by atoms with van der Waals surface area (Å²) in [4.78, 5) is 0. The van der Waals surface area contributed by atoms with Gasteiger partial charge in [-0.1, -0.05) is 24.3 Å². The van der Waals surface area contributed by atoms with Crippen molar-refractivity contribution in [3.8, 4) is 0 Å². The monoisotopic (exact) mass is 233 g/mol. The summed E-state index contributed by atoms with van der Waals surface area (Å²) in [5, 5.41) is 13.5. The van der Waals surface area contributed by atoms with Gasteiger partial charge in [-0.2, -0.15) is 0 Å². The fraction of sp³-hybridized carbons (Fsp3) is 0.600. The van der Waals surface area contributed by atoms with Crippen molar-refractivity contribution in [2.24, 2.45) is 0 Å². The molecule has 0 spiro atoms. The second-order valence-electron chi connectivity index (χ2n) is 6.09. The largest absolute Gasteiger partial charge is 0.387 e. The van der Waals surface area contributed by atoms with E-state index in [0.717, 1.165) is 11.5 Å². The number of nitrogens with one attached hydrogen (secondary N) is 1. The highest BCUT2D eigenvalue weighted by Gasteiger charge is 2.24. The number of hydrogen-bond donors (Lipinski definition) is 2. The predicted molar refractivity (Wildman–Crippen MR) is 71.1 cm³/mol. The molecule has 0 amide bonds. The molecule has 0 saturated heterocycles. The molecule has 1 atom stereocenters. The summed E-state index contributed by atoms with van der Waals surface area (Å²) in [5.74, 6) is 0.748. The van der Waals surface area contributed by atoms with E-state index in [9.17, 15) is 5.11 Å². The lowest BCUT2D eigenvalue weighted by molar-refractivity contribution is 0.163. The van der Waals surface area contributed by atoms with E-state index in [2.05, 4.69) is 44.3 Å². The quantitative estimate of drug-likeness (QED) is 0.838.